The van der Waals surface area contributed by atoms with E-state index in [4.69, 9.17) is 10.5 Å². The lowest BCUT2D eigenvalue weighted by atomic mass is 10.2. The van der Waals surface area contributed by atoms with Gasteiger partial charge in [0.15, 0.2) is 0 Å². The standard InChI is InChI=1S/C15H26N2O3S/c1-11(2)9-17(10-12(3)4)21(18,19)13-6-7-14(16)15(8-13)20-5/h6-8,11-12H,9-10,16H2,1-5H3. The van der Waals surface area contributed by atoms with Gasteiger partial charge >= 0.3 is 0 Å². The van der Waals surface area contributed by atoms with E-state index in [9.17, 15) is 8.42 Å². The first-order chi connectivity index (χ1) is 9.68. The molecule has 1 rings (SSSR count). The van der Waals surface area contributed by atoms with E-state index in [1.54, 1.807) is 6.07 Å². The van der Waals surface area contributed by atoms with Crippen LogP contribution >= 0.6 is 0 Å². The fourth-order valence-corrected chi connectivity index (χ4v) is 3.87. The lowest BCUT2D eigenvalue weighted by Gasteiger charge is -2.26. The Morgan fingerprint density at radius 2 is 1.67 bits per heavy atom. The van der Waals surface area contributed by atoms with Crippen molar-refractivity contribution in [3.63, 3.8) is 0 Å². The average molecular weight is 314 g/mol. The smallest absolute Gasteiger partial charge is 0.243 e. The summed E-state index contributed by atoms with van der Waals surface area (Å²) in [5.74, 6) is 0.897. The molecule has 2 N–H and O–H groups in total. The molecule has 0 aliphatic carbocycles. The summed E-state index contributed by atoms with van der Waals surface area (Å²) in [4.78, 5) is 0.217. The largest absolute Gasteiger partial charge is 0.495 e. The van der Waals surface area contributed by atoms with Crippen LogP contribution in [0.2, 0.25) is 0 Å². The number of ether oxygens (including phenoxy) is 1. The Morgan fingerprint density at radius 1 is 1.14 bits per heavy atom. The number of anilines is 1. The zero-order chi connectivity index (χ0) is 16.2. The molecule has 0 unspecified atom stereocenters. The molecule has 0 aromatic heterocycles. The minimum atomic E-state index is -3.54. The highest BCUT2D eigenvalue weighted by Crippen LogP contribution is 2.27. The molecule has 0 saturated carbocycles. The number of nitrogens with two attached hydrogens (primary N) is 1. The molecule has 0 bridgehead atoms. The molecular formula is C15H26N2O3S. The molecule has 6 heteroatoms. The van der Waals surface area contributed by atoms with E-state index in [2.05, 4.69) is 0 Å². The summed E-state index contributed by atoms with van der Waals surface area (Å²) in [6.45, 7) is 9.01. The topological polar surface area (TPSA) is 72.6 Å². The molecule has 120 valence electrons. The summed E-state index contributed by atoms with van der Waals surface area (Å²) in [7, 11) is -2.07. The lowest BCUT2D eigenvalue weighted by molar-refractivity contribution is 0.333. The first-order valence-corrected chi connectivity index (χ1v) is 8.56. The maximum Gasteiger partial charge on any atom is 0.243 e. The van der Waals surface area contributed by atoms with E-state index in [1.165, 1.54) is 23.5 Å². The molecule has 0 heterocycles. The van der Waals surface area contributed by atoms with Gasteiger partial charge in [0.25, 0.3) is 0 Å². The van der Waals surface area contributed by atoms with Gasteiger partial charge in [0.05, 0.1) is 17.7 Å². The van der Waals surface area contributed by atoms with Gasteiger partial charge in [0.2, 0.25) is 10.0 Å². The second kappa shape index (κ2) is 7.13. The van der Waals surface area contributed by atoms with Crippen molar-refractivity contribution >= 4 is 15.7 Å². The SMILES string of the molecule is COc1cc(S(=O)(=O)N(CC(C)C)CC(C)C)ccc1N. The minimum absolute atomic E-state index is 0.217. The van der Waals surface area contributed by atoms with Crippen LogP contribution in [-0.2, 0) is 10.0 Å². The van der Waals surface area contributed by atoms with Gasteiger partial charge in [-0.1, -0.05) is 27.7 Å². The lowest BCUT2D eigenvalue weighted by Crippen LogP contribution is -2.37. The Hall–Kier alpha value is -1.27. The Balaban J connectivity index is 3.21. The van der Waals surface area contributed by atoms with Gasteiger partial charge < -0.3 is 10.5 Å². The third-order valence-corrected chi connectivity index (χ3v) is 4.81. The Labute approximate surface area is 128 Å². The molecule has 0 atom stereocenters. The van der Waals surface area contributed by atoms with Crippen LogP contribution in [0.5, 0.6) is 5.75 Å². The molecule has 1 aromatic rings. The fourth-order valence-electron chi connectivity index (χ4n) is 2.09. The van der Waals surface area contributed by atoms with E-state index >= 15 is 0 Å². The summed E-state index contributed by atoms with van der Waals surface area (Å²) in [6, 6.07) is 4.58. The van der Waals surface area contributed by atoms with Gasteiger partial charge in [-0.15, -0.1) is 0 Å². The number of methoxy groups -OCH3 is 1. The molecule has 0 saturated heterocycles. The van der Waals surface area contributed by atoms with Crippen molar-refractivity contribution in [1.82, 2.24) is 4.31 Å². The number of sulfonamides is 1. The van der Waals surface area contributed by atoms with E-state index in [0.717, 1.165) is 0 Å². The normalized spacial score (nSPS) is 12.4. The summed E-state index contributed by atoms with van der Waals surface area (Å²) < 4.78 is 32.3. The van der Waals surface area contributed by atoms with Crippen molar-refractivity contribution in [2.75, 3.05) is 25.9 Å². The summed E-state index contributed by atoms with van der Waals surface area (Å²) in [5.41, 5.74) is 6.17. The number of nitrogen functional groups attached to an aromatic ring is 1. The fraction of sp³-hybridized carbons (Fsp3) is 0.600. The van der Waals surface area contributed by atoms with Gasteiger partial charge in [-0.05, 0) is 24.0 Å². The molecule has 0 aliphatic heterocycles. The van der Waals surface area contributed by atoms with E-state index < -0.39 is 10.0 Å². The Morgan fingerprint density at radius 3 is 2.10 bits per heavy atom. The second-order valence-corrected chi connectivity index (χ2v) is 7.95. The van der Waals surface area contributed by atoms with E-state index in [0.29, 0.717) is 24.5 Å². The van der Waals surface area contributed by atoms with Gasteiger partial charge in [0, 0.05) is 19.2 Å². The first kappa shape index (κ1) is 17.8. The van der Waals surface area contributed by atoms with Gasteiger partial charge in [0.1, 0.15) is 5.75 Å². The molecule has 5 nitrogen and oxygen atoms in total. The number of hydrogen-bond acceptors (Lipinski definition) is 4. The predicted molar refractivity (Wildman–Crippen MR) is 85.8 cm³/mol. The highest BCUT2D eigenvalue weighted by atomic mass is 32.2. The quantitative estimate of drug-likeness (QED) is 0.785. The molecule has 0 aliphatic rings. The van der Waals surface area contributed by atoms with Crippen LogP contribution in [0.4, 0.5) is 5.69 Å². The molecule has 0 spiro atoms. The highest BCUT2D eigenvalue weighted by Gasteiger charge is 2.26. The molecule has 0 radical (unpaired) electrons. The summed E-state index contributed by atoms with van der Waals surface area (Å²) >= 11 is 0. The number of rotatable bonds is 7. The van der Waals surface area contributed by atoms with Crippen molar-refractivity contribution in [3.05, 3.63) is 18.2 Å². The number of hydrogen-bond donors (Lipinski definition) is 1. The second-order valence-electron chi connectivity index (χ2n) is 6.01. The summed E-state index contributed by atoms with van der Waals surface area (Å²) in [6.07, 6.45) is 0. The van der Waals surface area contributed by atoms with Crippen LogP contribution < -0.4 is 10.5 Å². The van der Waals surface area contributed by atoms with Gasteiger partial charge in [-0.25, -0.2) is 8.42 Å². The maximum atomic E-state index is 12.8. The Bertz CT molecular complexity index is 558. The van der Waals surface area contributed by atoms with Crippen molar-refractivity contribution in [2.24, 2.45) is 11.8 Å². The average Bonchev–Trinajstić information content (AvgIpc) is 2.37. The minimum Gasteiger partial charge on any atom is -0.495 e. The molecular weight excluding hydrogens is 288 g/mol. The van der Waals surface area contributed by atoms with Gasteiger partial charge in [-0.2, -0.15) is 4.31 Å². The van der Waals surface area contributed by atoms with Crippen LogP contribution in [-0.4, -0.2) is 32.9 Å². The zero-order valence-electron chi connectivity index (χ0n) is 13.5. The van der Waals surface area contributed by atoms with E-state index in [1.807, 2.05) is 27.7 Å². The van der Waals surface area contributed by atoms with Crippen LogP contribution in [0.1, 0.15) is 27.7 Å². The van der Waals surface area contributed by atoms with Crippen molar-refractivity contribution < 1.29 is 13.2 Å². The molecule has 0 fully saturated rings. The Kier molecular flexibility index (Phi) is 6.04. The van der Waals surface area contributed by atoms with Crippen molar-refractivity contribution in [2.45, 2.75) is 32.6 Å². The first-order valence-electron chi connectivity index (χ1n) is 7.12. The number of benzene rings is 1. The van der Waals surface area contributed by atoms with Gasteiger partial charge in [-0.3, -0.25) is 0 Å². The molecule has 1 aromatic carbocycles. The maximum absolute atomic E-state index is 12.8. The zero-order valence-corrected chi connectivity index (χ0v) is 14.3. The highest BCUT2D eigenvalue weighted by molar-refractivity contribution is 7.89. The van der Waals surface area contributed by atoms with Crippen LogP contribution in [0, 0.1) is 11.8 Å². The third kappa shape index (κ3) is 4.61. The van der Waals surface area contributed by atoms with Crippen molar-refractivity contribution in [1.29, 1.82) is 0 Å². The third-order valence-electron chi connectivity index (χ3n) is 2.98. The van der Waals surface area contributed by atoms with Crippen molar-refractivity contribution in [3.8, 4) is 5.75 Å². The number of nitrogens with zero attached hydrogens (tertiary/aromatic N) is 1. The van der Waals surface area contributed by atoms with E-state index in [-0.39, 0.29) is 16.7 Å². The predicted octanol–water partition coefficient (Wildman–Crippen LogP) is 2.58. The van der Waals surface area contributed by atoms with Crippen LogP contribution in [0.3, 0.4) is 0 Å². The molecule has 0 amide bonds. The molecule has 21 heavy (non-hydrogen) atoms. The monoisotopic (exact) mass is 314 g/mol. The summed E-state index contributed by atoms with van der Waals surface area (Å²) in [5, 5.41) is 0. The van der Waals surface area contributed by atoms with Crippen LogP contribution in [0.25, 0.3) is 0 Å². The van der Waals surface area contributed by atoms with Crippen LogP contribution in [0.15, 0.2) is 23.1 Å².